The molecule has 0 atom stereocenters. The first kappa shape index (κ1) is 20.1. The molecule has 1 aliphatic rings. The van der Waals surface area contributed by atoms with Gasteiger partial charge in [0.15, 0.2) is 0 Å². The minimum absolute atomic E-state index is 0.798. The predicted molar refractivity (Wildman–Crippen MR) is 120 cm³/mol. The van der Waals surface area contributed by atoms with Gasteiger partial charge in [-0.1, -0.05) is 47.5 Å². The van der Waals surface area contributed by atoms with Crippen LogP contribution in [0.2, 0.25) is 5.02 Å². The molecule has 1 aliphatic heterocycles. The van der Waals surface area contributed by atoms with Crippen LogP contribution in [-0.4, -0.2) is 48.1 Å². The Bertz CT molecular complexity index is 1010. The van der Waals surface area contributed by atoms with E-state index >= 15 is 0 Å². The Morgan fingerprint density at radius 1 is 0.966 bits per heavy atom. The lowest BCUT2D eigenvalue weighted by Crippen LogP contribution is -2.45. The Hall–Kier alpha value is -2.14. The summed E-state index contributed by atoms with van der Waals surface area (Å²) < 4.78 is 5.54. The summed E-state index contributed by atoms with van der Waals surface area (Å²) in [5.41, 5.74) is 5.66. The number of nitrogens with zero attached hydrogens (tertiary/aromatic N) is 3. The van der Waals surface area contributed by atoms with Crippen LogP contribution < -0.4 is 4.74 Å². The molecule has 5 heteroatoms. The average molecular weight is 410 g/mol. The molecular formula is C24H28ClN3O. The van der Waals surface area contributed by atoms with Crippen LogP contribution in [0, 0.1) is 13.8 Å². The number of benzene rings is 2. The second kappa shape index (κ2) is 8.70. The van der Waals surface area contributed by atoms with Gasteiger partial charge in [0.1, 0.15) is 5.75 Å². The molecule has 0 saturated carbocycles. The number of aryl methyl sites for hydroxylation is 2. The van der Waals surface area contributed by atoms with E-state index < -0.39 is 0 Å². The fourth-order valence-corrected chi connectivity index (χ4v) is 4.32. The molecule has 0 aliphatic carbocycles. The zero-order valence-electron chi connectivity index (χ0n) is 17.4. The Morgan fingerprint density at radius 2 is 1.66 bits per heavy atom. The Morgan fingerprint density at radius 3 is 2.38 bits per heavy atom. The van der Waals surface area contributed by atoms with Crippen LogP contribution in [0.1, 0.15) is 22.4 Å². The summed E-state index contributed by atoms with van der Waals surface area (Å²) in [6.07, 6.45) is 0. The number of halogens is 1. The van der Waals surface area contributed by atoms with Gasteiger partial charge in [0.05, 0.1) is 23.3 Å². The van der Waals surface area contributed by atoms with E-state index in [1.807, 2.05) is 12.1 Å². The quantitative estimate of drug-likeness (QED) is 0.603. The second-order valence-electron chi connectivity index (χ2n) is 7.88. The normalized spacial score (nSPS) is 15.7. The molecule has 4 rings (SSSR count). The van der Waals surface area contributed by atoms with Crippen molar-refractivity contribution in [2.45, 2.75) is 26.9 Å². The van der Waals surface area contributed by atoms with Crippen molar-refractivity contribution in [3.05, 3.63) is 69.9 Å². The Labute approximate surface area is 178 Å². The molecule has 2 heterocycles. The Balaban J connectivity index is 1.41. The maximum atomic E-state index is 6.66. The summed E-state index contributed by atoms with van der Waals surface area (Å²) >= 11 is 6.66. The van der Waals surface area contributed by atoms with Crippen LogP contribution in [0.4, 0.5) is 0 Å². The Kier molecular flexibility index (Phi) is 6.04. The minimum Gasteiger partial charge on any atom is -0.496 e. The van der Waals surface area contributed by atoms with Crippen molar-refractivity contribution in [1.82, 2.24) is 14.8 Å². The molecule has 1 fully saturated rings. The fraction of sp³-hybridized carbons (Fsp3) is 0.375. The monoisotopic (exact) mass is 409 g/mol. The molecule has 29 heavy (non-hydrogen) atoms. The lowest BCUT2D eigenvalue weighted by molar-refractivity contribution is 0.120. The predicted octanol–water partition coefficient (Wildman–Crippen LogP) is 4.83. The standard InChI is InChI=1S/C24H28ClN3O/c1-17-8-9-23(29-3)19(14-17)15-27-10-12-28(13-11-27)16-22-24(25)18(2)20-6-4-5-7-21(20)26-22/h4-9,14H,10-13,15-16H2,1-3H3. The average Bonchev–Trinajstić information content (AvgIpc) is 2.73. The molecule has 152 valence electrons. The van der Waals surface area contributed by atoms with Crippen molar-refractivity contribution >= 4 is 22.5 Å². The smallest absolute Gasteiger partial charge is 0.123 e. The molecule has 1 saturated heterocycles. The highest BCUT2D eigenvalue weighted by Gasteiger charge is 2.20. The van der Waals surface area contributed by atoms with E-state index in [2.05, 4.69) is 54.0 Å². The molecule has 3 aromatic rings. The van der Waals surface area contributed by atoms with Crippen LogP contribution in [-0.2, 0) is 13.1 Å². The highest BCUT2D eigenvalue weighted by molar-refractivity contribution is 6.32. The molecule has 0 spiro atoms. The molecule has 0 amide bonds. The van der Waals surface area contributed by atoms with Gasteiger partial charge in [-0.25, -0.2) is 4.98 Å². The number of rotatable bonds is 5. The molecule has 0 bridgehead atoms. The number of aromatic nitrogens is 1. The first-order valence-corrected chi connectivity index (χ1v) is 10.5. The summed E-state index contributed by atoms with van der Waals surface area (Å²) in [7, 11) is 1.74. The first-order chi connectivity index (χ1) is 14.0. The van der Waals surface area contributed by atoms with E-state index in [1.54, 1.807) is 7.11 Å². The zero-order valence-corrected chi connectivity index (χ0v) is 18.2. The van der Waals surface area contributed by atoms with E-state index in [9.17, 15) is 0 Å². The lowest BCUT2D eigenvalue weighted by atomic mass is 10.1. The SMILES string of the molecule is COc1ccc(C)cc1CN1CCN(Cc2nc3ccccc3c(C)c2Cl)CC1. The summed E-state index contributed by atoms with van der Waals surface area (Å²) in [6.45, 7) is 10.0. The molecule has 0 radical (unpaired) electrons. The molecular weight excluding hydrogens is 382 g/mol. The number of hydrogen-bond acceptors (Lipinski definition) is 4. The third kappa shape index (κ3) is 4.40. The second-order valence-corrected chi connectivity index (χ2v) is 8.26. The van der Waals surface area contributed by atoms with Gasteiger partial charge in [0.25, 0.3) is 0 Å². The van der Waals surface area contributed by atoms with Crippen molar-refractivity contribution in [1.29, 1.82) is 0 Å². The van der Waals surface area contributed by atoms with Crippen LogP contribution in [0.5, 0.6) is 5.75 Å². The summed E-state index contributed by atoms with van der Waals surface area (Å²) in [4.78, 5) is 9.79. The van der Waals surface area contributed by atoms with Crippen molar-refractivity contribution in [2.75, 3.05) is 33.3 Å². The van der Waals surface area contributed by atoms with Crippen LogP contribution >= 0.6 is 11.6 Å². The van der Waals surface area contributed by atoms with Gasteiger partial charge in [0.2, 0.25) is 0 Å². The van der Waals surface area contributed by atoms with E-state index in [-0.39, 0.29) is 0 Å². The van der Waals surface area contributed by atoms with Crippen molar-refractivity contribution in [3.8, 4) is 5.75 Å². The van der Waals surface area contributed by atoms with Gasteiger partial charge in [0, 0.05) is 50.2 Å². The minimum atomic E-state index is 0.798. The molecule has 4 nitrogen and oxygen atoms in total. The largest absolute Gasteiger partial charge is 0.496 e. The number of para-hydroxylation sites is 1. The number of fused-ring (bicyclic) bond motifs is 1. The summed E-state index contributed by atoms with van der Waals surface area (Å²) in [6, 6.07) is 14.6. The molecule has 0 N–H and O–H groups in total. The van der Waals surface area contributed by atoms with E-state index in [0.717, 1.165) is 72.2 Å². The summed E-state index contributed by atoms with van der Waals surface area (Å²) in [5.74, 6) is 0.973. The van der Waals surface area contributed by atoms with Gasteiger partial charge in [-0.3, -0.25) is 9.80 Å². The number of piperazine rings is 1. The molecule has 1 aromatic heterocycles. The topological polar surface area (TPSA) is 28.6 Å². The van der Waals surface area contributed by atoms with Crippen molar-refractivity contribution in [3.63, 3.8) is 0 Å². The number of methoxy groups -OCH3 is 1. The highest BCUT2D eigenvalue weighted by atomic mass is 35.5. The number of hydrogen-bond donors (Lipinski definition) is 0. The number of pyridine rings is 1. The third-order valence-electron chi connectivity index (χ3n) is 5.81. The third-order valence-corrected chi connectivity index (χ3v) is 6.32. The summed E-state index contributed by atoms with van der Waals surface area (Å²) in [5, 5.41) is 1.94. The highest BCUT2D eigenvalue weighted by Crippen LogP contribution is 2.28. The van der Waals surface area contributed by atoms with Crippen molar-refractivity contribution in [2.24, 2.45) is 0 Å². The lowest BCUT2D eigenvalue weighted by Gasteiger charge is -2.35. The zero-order chi connectivity index (χ0) is 20.4. The van der Waals surface area contributed by atoms with Gasteiger partial charge in [-0.2, -0.15) is 0 Å². The van der Waals surface area contributed by atoms with Crippen LogP contribution in [0.25, 0.3) is 10.9 Å². The molecule has 2 aromatic carbocycles. The van der Waals surface area contributed by atoms with Gasteiger partial charge in [-0.05, 0) is 31.5 Å². The van der Waals surface area contributed by atoms with E-state index in [0.29, 0.717) is 0 Å². The number of ether oxygens (including phenoxy) is 1. The van der Waals surface area contributed by atoms with Crippen LogP contribution in [0.3, 0.4) is 0 Å². The van der Waals surface area contributed by atoms with Crippen LogP contribution in [0.15, 0.2) is 42.5 Å². The maximum Gasteiger partial charge on any atom is 0.123 e. The van der Waals surface area contributed by atoms with Gasteiger partial charge in [-0.15, -0.1) is 0 Å². The first-order valence-electron chi connectivity index (χ1n) is 10.2. The van der Waals surface area contributed by atoms with Crippen molar-refractivity contribution < 1.29 is 4.74 Å². The molecule has 0 unspecified atom stereocenters. The van der Waals surface area contributed by atoms with E-state index in [4.69, 9.17) is 21.3 Å². The van der Waals surface area contributed by atoms with E-state index in [1.165, 1.54) is 11.1 Å². The van der Waals surface area contributed by atoms with Gasteiger partial charge >= 0.3 is 0 Å². The maximum absolute atomic E-state index is 6.66. The van der Waals surface area contributed by atoms with Gasteiger partial charge < -0.3 is 4.74 Å². The fourth-order valence-electron chi connectivity index (χ4n) is 4.11.